The summed E-state index contributed by atoms with van der Waals surface area (Å²) in [7, 11) is 3.29. The minimum atomic E-state index is -0.363. The standard InChI is InChI=1S/C11H16N2O2.ClH/c1-14-8-4-3-5-9(15-2)10(8)11(12)6-13-7-11;/h3-5,13H,6-7,12H2,1-2H3;1H. The van der Waals surface area contributed by atoms with E-state index in [0.717, 1.165) is 30.2 Å². The first kappa shape index (κ1) is 13.1. The van der Waals surface area contributed by atoms with Crippen molar-refractivity contribution in [2.75, 3.05) is 27.3 Å². The fraction of sp³-hybridized carbons (Fsp3) is 0.455. The van der Waals surface area contributed by atoms with Crippen LogP contribution in [0.15, 0.2) is 18.2 Å². The van der Waals surface area contributed by atoms with Gasteiger partial charge in [0.05, 0.1) is 25.3 Å². The zero-order chi connectivity index (χ0) is 10.9. The number of methoxy groups -OCH3 is 2. The Morgan fingerprint density at radius 2 is 1.69 bits per heavy atom. The maximum atomic E-state index is 6.25. The van der Waals surface area contributed by atoms with Crippen molar-refractivity contribution in [1.82, 2.24) is 5.32 Å². The quantitative estimate of drug-likeness (QED) is 0.829. The average Bonchev–Trinajstić information content (AvgIpc) is 2.24. The molecule has 0 bridgehead atoms. The molecule has 0 aliphatic carbocycles. The van der Waals surface area contributed by atoms with E-state index in [1.54, 1.807) is 14.2 Å². The number of hydrogen-bond acceptors (Lipinski definition) is 4. The second kappa shape index (κ2) is 4.91. The Morgan fingerprint density at radius 3 is 2.00 bits per heavy atom. The molecule has 0 aromatic heterocycles. The normalized spacial score (nSPS) is 16.9. The Labute approximate surface area is 102 Å². The van der Waals surface area contributed by atoms with Gasteiger partial charge in [0.1, 0.15) is 11.5 Å². The molecule has 4 nitrogen and oxygen atoms in total. The highest BCUT2D eigenvalue weighted by Crippen LogP contribution is 2.38. The van der Waals surface area contributed by atoms with Gasteiger partial charge in [0.15, 0.2) is 0 Å². The molecular weight excluding hydrogens is 228 g/mol. The maximum Gasteiger partial charge on any atom is 0.127 e. The highest BCUT2D eigenvalue weighted by atomic mass is 35.5. The summed E-state index contributed by atoms with van der Waals surface area (Å²) in [6, 6.07) is 5.71. The van der Waals surface area contributed by atoms with Crippen LogP contribution in [0.5, 0.6) is 11.5 Å². The van der Waals surface area contributed by atoms with Gasteiger partial charge in [0, 0.05) is 13.1 Å². The molecule has 0 saturated carbocycles. The van der Waals surface area contributed by atoms with Crippen LogP contribution >= 0.6 is 12.4 Å². The van der Waals surface area contributed by atoms with Crippen molar-refractivity contribution < 1.29 is 9.47 Å². The van der Waals surface area contributed by atoms with E-state index < -0.39 is 0 Å². The predicted molar refractivity (Wildman–Crippen MR) is 65.5 cm³/mol. The van der Waals surface area contributed by atoms with Crippen LogP contribution in [0.4, 0.5) is 0 Å². The van der Waals surface area contributed by atoms with E-state index >= 15 is 0 Å². The lowest BCUT2D eigenvalue weighted by molar-refractivity contribution is 0.262. The number of hydrogen-bond donors (Lipinski definition) is 2. The van der Waals surface area contributed by atoms with Gasteiger partial charge in [-0.25, -0.2) is 0 Å². The van der Waals surface area contributed by atoms with Gasteiger partial charge >= 0.3 is 0 Å². The van der Waals surface area contributed by atoms with Crippen LogP contribution in [0.1, 0.15) is 5.56 Å². The lowest BCUT2D eigenvalue weighted by atomic mass is 9.84. The molecule has 1 aromatic rings. The van der Waals surface area contributed by atoms with Crippen LogP contribution in [0.3, 0.4) is 0 Å². The van der Waals surface area contributed by atoms with Crippen molar-refractivity contribution in [2.24, 2.45) is 5.73 Å². The van der Waals surface area contributed by atoms with E-state index in [9.17, 15) is 0 Å². The Morgan fingerprint density at radius 1 is 1.19 bits per heavy atom. The molecule has 3 N–H and O–H groups in total. The molecule has 1 fully saturated rings. The third-order valence-electron chi connectivity index (χ3n) is 2.81. The first-order valence-corrected chi connectivity index (χ1v) is 4.92. The lowest BCUT2D eigenvalue weighted by Gasteiger charge is -2.40. The fourth-order valence-corrected chi connectivity index (χ4v) is 1.91. The summed E-state index contributed by atoms with van der Waals surface area (Å²) in [5, 5.41) is 3.17. The highest BCUT2D eigenvalue weighted by Gasteiger charge is 2.39. The van der Waals surface area contributed by atoms with Crippen LogP contribution in [-0.4, -0.2) is 27.3 Å². The van der Waals surface area contributed by atoms with Gasteiger partial charge < -0.3 is 20.5 Å². The van der Waals surface area contributed by atoms with Crippen LogP contribution in [0.25, 0.3) is 0 Å². The molecule has 1 aliphatic heterocycles. The van der Waals surface area contributed by atoms with Crippen molar-refractivity contribution in [3.05, 3.63) is 23.8 Å². The minimum Gasteiger partial charge on any atom is -0.496 e. The summed E-state index contributed by atoms with van der Waals surface area (Å²) in [4.78, 5) is 0. The van der Waals surface area contributed by atoms with E-state index in [0.29, 0.717) is 0 Å². The monoisotopic (exact) mass is 244 g/mol. The molecule has 0 unspecified atom stereocenters. The van der Waals surface area contributed by atoms with Crippen molar-refractivity contribution in [3.63, 3.8) is 0 Å². The second-order valence-corrected chi connectivity index (χ2v) is 3.80. The smallest absolute Gasteiger partial charge is 0.127 e. The summed E-state index contributed by atoms with van der Waals surface area (Å²) in [5.41, 5.74) is 6.84. The molecule has 0 atom stereocenters. The molecule has 5 heteroatoms. The molecule has 1 saturated heterocycles. The molecule has 2 rings (SSSR count). The summed E-state index contributed by atoms with van der Waals surface area (Å²) < 4.78 is 10.6. The number of benzene rings is 1. The molecule has 16 heavy (non-hydrogen) atoms. The Kier molecular flexibility index (Phi) is 4.02. The van der Waals surface area contributed by atoms with Gasteiger partial charge in [-0.2, -0.15) is 0 Å². The third kappa shape index (κ3) is 1.96. The first-order chi connectivity index (χ1) is 7.21. The first-order valence-electron chi connectivity index (χ1n) is 4.92. The molecule has 1 aromatic carbocycles. The number of rotatable bonds is 3. The van der Waals surface area contributed by atoms with Crippen molar-refractivity contribution in [2.45, 2.75) is 5.54 Å². The molecule has 0 spiro atoms. The van der Waals surface area contributed by atoms with Gasteiger partial charge in [-0.15, -0.1) is 12.4 Å². The van der Waals surface area contributed by atoms with Gasteiger partial charge in [-0.1, -0.05) is 6.07 Å². The summed E-state index contributed by atoms with van der Waals surface area (Å²) in [5.74, 6) is 1.58. The Bertz CT molecular complexity index is 345. The average molecular weight is 245 g/mol. The molecular formula is C11H17ClN2O2. The summed E-state index contributed by atoms with van der Waals surface area (Å²) >= 11 is 0. The van der Waals surface area contributed by atoms with Crippen LogP contribution in [-0.2, 0) is 5.54 Å². The van der Waals surface area contributed by atoms with E-state index in [1.807, 2.05) is 18.2 Å². The Balaban J connectivity index is 0.00000128. The molecule has 0 radical (unpaired) electrons. The highest BCUT2D eigenvalue weighted by molar-refractivity contribution is 5.85. The van der Waals surface area contributed by atoms with Crippen molar-refractivity contribution in [1.29, 1.82) is 0 Å². The van der Waals surface area contributed by atoms with Crippen LogP contribution in [0, 0.1) is 0 Å². The summed E-state index contributed by atoms with van der Waals surface area (Å²) in [6.07, 6.45) is 0. The zero-order valence-electron chi connectivity index (χ0n) is 9.45. The Hall–Kier alpha value is -0.970. The predicted octanol–water partition coefficient (Wildman–Crippen LogP) is 0.883. The number of halogens is 1. The van der Waals surface area contributed by atoms with Crippen molar-refractivity contribution in [3.8, 4) is 11.5 Å². The van der Waals surface area contributed by atoms with E-state index in [2.05, 4.69) is 5.32 Å². The number of nitrogens with one attached hydrogen (secondary N) is 1. The van der Waals surface area contributed by atoms with Crippen molar-refractivity contribution >= 4 is 12.4 Å². The number of ether oxygens (including phenoxy) is 2. The largest absolute Gasteiger partial charge is 0.496 e. The van der Waals surface area contributed by atoms with Gasteiger partial charge in [0.25, 0.3) is 0 Å². The van der Waals surface area contributed by atoms with E-state index in [-0.39, 0.29) is 17.9 Å². The van der Waals surface area contributed by atoms with E-state index in [4.69, 9.17) is 15.2 Å². The molecule has 1 heterocycles. The minimum absolute atomic E-state index is 0. The van der Waals surface area contributed by atoms with Gasteiger partial charge in [-0.3, -0.25) is 0 Å². The SMILES string of the molecule is COc1cccc(OC)c1C1(N)CNC1.Cl. The zero-order valence-corrected chi connectivity index (χ0v) is 10.3. The third-order valence-corrected chi connectivity index (χ3v) is 2.81. The maximum absolute atomic E-state index is 6.25. The summed E-state index contributed by atoms with van der Waals surface area (Å²) in [6.45, 7) is 1.51. The lowest BCUT2D eigenvalue weighted by Crippen LogP contribution is -2.62. The van der Waals surface area contributed by atoms with Crippen LogP contribution < -0.4 is 20.5 Å². The topological polar surface area (TPSA) is 56.5 Å². The van der Waals surface area contributed by atoms with Crippen LogP contribution in [0.2, 0.25) is 0 Å². The van der Waals surface area contributed by atoms with Gasteiger partial charge in [-0.05, 0) is 12.1 Å². The van der Waals surface area contributed by atoms with Gasteiger partial charge in [0.2, 0.25) is 0 Å². The second-order valence-electron chi connectivity index (χ2n) is 3.80. The fourth-order valence-electron chi connectivity index (χ4n) is 1.91. The molecule has 90 valence electrons. The molecule has 1 aliphatic rings. The number of nitrogens with two attached hydrogens (primary N) is 1. The van der Waals surface area contributed by atoms with E-state index in [1.165, 1.54) is 0 Å². The molecule has 0 amide bonds.